The molecule has 0 aliphatic rings. The Morgan fingerprint density at radius 3 is 2.90 bits per heavy atom. The van der Waals surface area contributed by atoms with E-state index in [9.17, 15) is 4.79 Å². The molecule has 0 spiro atoms. The molecule has 3 aromatic rings. The first-order chi connectivity index (χ1) is 9.72. The number of halogens is 1. The van der Waals surface area contributed by atoms with Crippen LogP contribution >= 0.6 is 15.9 Å². The zero-order chi connectivity index (χ0) is 13.9. The maximum absolute atomic E-state index is 12.0. The summed E-state index contributed by atoms with van der Waals surface area (Å²) < 4.78 is 6.10. The molecule has 0 saturated carbocycles. The van der Waals surface area contributed by atoms with Gasteiger partial charge in [-0.15, -0.1) is 0 Å². The van der Waals surface area contributed by atoms with Crippen molar-refractivity contribution in [1.82, 2.24) is 5.16 Å². The third-order valence-electron chi connectivity index (χ3n) is 2.89. The number of aromatic nitrogens is 1. The molecule has 1 heterocycles. The van der Waals surface area contributed by atoms with Gasteiger partial charge in [0, 0.05) is 15.5 Å². The molecular formula is C15H11BrN2O2. The van der Waals surface area contributed by atoms with Crippen LogP contribution < -0.4 is 5.32 Å². The Morgan fingerprint density at radius 2 is 2.05 bits per heavy atom. The molecule has 0 atom stereocenters. The lowest BCUT2D eigenvalue weighted by atomic mass is 10.1. The summed E-state index contributed by atoms with van der Waals surface area (Å²) in [5.41, 5.74) is 2.09. The number of hydrogen-bond acceptors (Lipinski definition) is 3. The predicted molar refractivity (Wildman–Crippen MR) is 80.5 cm³/mol. The zero-order valence-corrected chi connectivity index (χ0v) is 12.1. The van der Waals surface area contributed by atoms with Gasteiger partial charge in [-0.05, 0) is 30.3 Å². The van der Waals surface area contributed by atoms with E-state index in [-0.39, 0.29) is 12.3 Å². The maximum atomic E-state index is 12.0. The second-order valence-corrected chi connectivity index (χ2v) is 5.28. The van der Waals surface area contributed by atoms with Crippen LogP contribution in [0.3, 0.4) is 0 Å². The molecule has 0 aliphatic heterocycles. The molecule has 3 rings (SSSR count). The van der Waals surface area contributed by atoms with E-state index < -0.39 is 0 Å². The Hall–Kier alpha value is -2.14. The SMILES string of the molecule is O=C(Cc1noc2ccccc12)Nc1cccc(Br)c1. The molecule has 0 bridgehead atoms. The monoisotopic (exact) mass is 330 g/mol. The van der Waals surface area contributed by atoms with Gasteiger partial charge in [0.2, 0.25) is 5.91 Å². The summed E-state index contributed by atoms with van der Waals surface area (Å²) in [5.74, 6) is -0.123. The van der Waals surface area contributed by atoms with Crippen molar-refractivity contribution in [2.24, 2.45) is 0 Å². The molecule has 0 unspecified atom stereocenters. The number of rotatable bonds is 3. The number of nitrogens with zero attached hydrogens (tertiary/aromatic N) is 1. The number of nitrogens with one attached hydrogen (secondary N) is 1. The smallest absolute Gasteiger partial charge is 0.230 e. The highest BCUT2D eigenvalue weighted by molar-refractivity contribution is 9.10. The first-order valence-electron chi connectivity index (χ1n) is 6.11. The molecule has 0 fully saturated rings. The Balaban J connectivity index is 1.76. The lowest BCUT2D eigenvalue weighted by molar-refractivity contribution is -0.115. The van der Waals surface area contributed by atoms with Crippen LogP contribution in [0.5, 0.6) is 0 Å². The van der Waals surface area contributed by atoms with Crippen molar-refractivity contribution in [2.75, 3.05) is 5.32 Å². The molecule has 1 aromatic heterocycles. The fourth-order valence-electron chi connectivity index (χ4n) is 1.99. The van der Waals surface area contributed by atoms with Gasteiger partial charge in [-0.2, -0.15) is 0 Å². The van der Waals surface area contributed by atoms with Gasteiger partial charge in [0.05, 0.1) is 6.42 Å². The molecule has 1 amide bonds. The van der Waals surface area contributed by atoms with Crippen LogP contribution in [0.25, 0.3) is 11.0 Å². The van der Waals surface area contributed by atoms with E-state index in [4.69, 9.17) is 4.52 Å². The topological polar surface area (TPSA) is 55.1 Å². The Bertz CT molecular complexity index is 767. The highest BCUT2D eigenvalue weighted by atomic mass is 79.9. The molecule has 1 N–H and O–H groups in total. The molecule has 100 valence electrons. The van der Waals surface area contributed by atoms with Crippen molar-refractivity contribution >= 4 is 38.5 Å². The second-order valence-electron chi connectivity index (χ2n) is 4.36. The predicted octanol–water partition coefficient (Wildman–Crippen LogP) is 3.77. The average Bonchev–Trinajstić information content (AvgIpc) is 2.82. The van der Waals surface area contributed by atoms with Crippen LogP contribution in [-0.4, -0.2) is 11.1 Å². The van der Waals surface area contributed by atoms with E-state index in [1.54, 1.807) is 0 Å². The largest absolute Gasteiger partial charge is 0.356 e. The quantitative estimate of drug-likeness (QED) is 0.795. The van der Waals surface area contributed by atoms with E-state index in [0.29, 0.717) is 11.3 Å². The number of carbonyl (C=O) groups excluding carboxylic acids is 1. The van der Waals surface area contributed by atoms with Gasteiger partial charge in [-0.3, -0.25) is 4.79 Å². The molecule has 20 heavy (non-hydrogen) atoms. The lowest BCUT2D eigenvalue weighted by Crippen LogP contribution is -2.14. The number of fused-ring (bicyclic) bond motifs is 1. The second kappa shape index (κ2) is 5.46. The van der Waals surface area contributed by atoms with Crippen molar-refractivity contribution in [1.29, 1.82) is 0 Å². The molecule has 0 saturated heterocycles. The third-order valence-corrected chi connectivity index (χ3v) is 3.38. The fourth-order valence-corrected chi connectivity index (χ4v) is 2.39. The van der Waals surface area contributed by atoms with E-state index in [2.05, 4.69) is 26.4 Å². The van der Waals surface area contributed by atoms with Crippen molar-refractivity contribution in [3.05, 3.63) is 58.7 Å². The highest BCUT2D eigenvalue weighted by Gasteiger charge is 2.12. The summed E-state index contributed by atoms with van der Waals surface area (Å²) in [6, 6.07) is 15.0. The van der Waals surface area contributed by atoms with Crippen LogP contribution in [0, 0.1) is 0 Å². The number of para-hydroxylation sites is 1. The van der Waals surface area contributed by atoms with Crippen LogP contribution in [0.1, 0.15) is 5.69 Å². The van der Waals surface area contributed by atoms with E-state index in [1.165, 1.54) is 0 Å². The summed E-state index contributed by atoms with van der Waals surface area (Å²) in [4.78, 5) is 12.0. The number of amides is 1. The van der Waals surface area contributed by atoms with Gasteiger partial charge in [-0.1, -0.05) is 39.3 Å². The standard InChI is InChI=1S/C15H11BrN2O2/c16-10-4-3-5-11(8-10)17-15(19)9-13-12-6-1-2-7-14(12)20-18-13/h1-8H,9H2,(H,17,19). The number of carbonyl (C=O) groups is 1. The van der Waals surface area contributed by atoms with Gasteiger partial charge in [-0.25, -0.2) is 0 Å². The van der Waals surface area contributed by atoms with E-state index >= 15 is 0 Å². The summed E-state index contributed by atoms with van der Waals surface area (Å²) in [6.45, 7) is 0. The minimum Gasteiger partial charge on any atom is -0.356 e. The minimum atomic E-state index is -0.123. The van der Waals surface area contributed by atoms with Gasteiger partial charge in [0.1, 0.15) is 5.69 Å². The first kappa shape index (κ1) is 12.9. The Kier molecular flexibility index (Phi) is 3.52. The van der Waals surface area contributed by atoms with E-state index in [1.807, 2.05) is 48.5 Å². The van der Waals surface area contributed by atoms with Crippen LogP contribution in [-0.2, 0) is 11.2 Å². The van der Waals surface area contributed by atoms with Gasteiger partial charge in [0.15, 0.2) is 5.58 Å². The Morgan fingerprint density at radius 1 is 1.20 bits per heavy atom. The van der Waals surface area contributed by atoms with Gasteiger partial charge < -0.3 is 9.84 Å². The van der Waals surface area contributed by atoms with Gasteiger partial charge in [0.25, 0.3) is 0 Å². The molecule has 2 aromatic carbocycles. The third kappa shape index (κ3) is 2.72. The van der Waals surface area contributed by atoms with Crippen molar-refractivity contribution in [2.45, 2.75) is 6.42 Å². The first-order valence-corrected chi connectivity index (χ1v) is 6.90. The lowest BCUT2D eigenvalue weighted by Gasteiger charge is -2.04. The molecule has 5 heteroatoms. The van der Waals surface area contributed by atoms with Crippen LogP contribution in [0.2, 0.25) is 0 Å². The van der Waals surface area contributed by atoms with Crippen molar-refractivity contribution < 1.29 is 9.32 Å². The molecule has 0 aliphatic carbocycles. The van der Waals surface area contributed by atoms with Crippen molar-refractivity contribution in [3.63, 3.8) is 0 Å². The van der Waals surface area contributed by atoms with Crippen LogP contribution in [0.4, 0.5) is 5.69 Å². The normalized spacial score (nSPS) is 10.7. The van der Waals surface area contributed by atoms with Crippen LogP contribution in [0.15, 0.2) is 57.5 Å². The van der Waals surface area contributed by atoms with Gasteiger partial charge >= 0.3 is 0 Å². The number of hydrogen-bond donors (Lipinski definition) is 1. The zero-order valence-electron chi connectivity index (χ0n) is 10.5. The molecule has 0 radical (unpaired) electrons. The molecular weight excluding hydrogens is 320 g/mol. The Labute approximate surface area is 123 Å². The number of anilines is 1. The van der Waals surface area contributed by atoms with Crippen molar-refractivity contribution in [3.8, 4) is 0 Å². The fraction of sp³-hybridized carbons (Fsp3) is 0.0667. The number of benzene rings is 2. The van der Waals surface area contributed by atoms with E-state index in [0.717, 1.165) is 15.5 Å². The highest BCUT2D eigenvalue weighted by Crippen LogP contribution is 2.19. The summed E-state index contributed by atoms with van der Waals surface area (Å²) in [6.07, 6.45) is 0.184. The summed E-state index contributed by atoms with van der Waals surface area (Å²) >= 11 is 3.37. The summed E-state index contributed by atoms with van der Waals surface area (Å²) in [5, 5.41) is 7.66. The maximum Gasteiger partial charge on any atom is 0.230 e. The summed E-state index contributed by atoms with van der Waals surface area (Å²) in [7, 11) is 0. The average molecular weight is 331 g/mol. The molecule has 4 nitrogen and oxygen atoms in total. The minimum absolute atomic E-state index is 0.123.